The van der Waals surface area contributed by atoms with Crippen LogP contribution in [-0.2, 0) is 16.1 Å². The molecule has 1 aromatic carbocycles. The van der Waals surface area contributed by atoms with Crippen molar-refractivity contribution in [2.24, 2.45) is 11.7 Å². The van der Waals surface area contributed by atoms with Gasteiger partial charge in [0.1, 0.15) is 28.7 Å². The van der Waals surface area contributed by atoms with E-state index in [4.69, 9.17) is 20.3 Å². The summed E-state index contributed by atoms with van der Waals surface area (Å²) in [5.74, 6) is 1.08. The number of ether oxygens (including phenoxy) is 2. The zero-order chi connectivity index (χ0) is 32.5. The maximum atomic E-state index is 14.3. The lowest BCUT2D eigenvalue weighted by molar-refractivity contribution is -0.155. The molecule has 244 valence electrons. The fraction of sp³-hybridized carbons (Fsp3) is 0.514. The maximum Gasteiger partial charge on any atom is 0.255 e. The Morgan fingerprint density at radius 2 is 1.83 bits per heavy atom. The second kappa shape index (κ2) is 11.4. The van der Waals surface area contributed by atoms with Crippen molar-refractivity contribution in [2.45, 2.75) is 70.3 Å². The van der Waals surface area contributed by atoms with Gasteiger partial charge in [-0.15, -0.1) is 0 Å². The summed E-state index contributed by atoms with van der Waals surface area (Å²) < 4.78 is 29.7. The van der Waals surface area contributed by atoms with Gasteiger partial charge in [-0.25, -0.2) is 8.91 Å². The number of piperidine rings is 1. The van der Waals surface area contributed by atoms with Crippen LogP contribution in [0.2, 0.25) is 0 Å². The van der Waals surface area contributed by atoms with E-state index in [0.717, 1.165) is 34.4 Å². The summed E-state index contributed by atoms with van der Waals surface area (Å²) in [7, 11) is 3.16. The van der Waals surface area contributed by atoms with Crippen LogP contribution < -0.4 is 10.5 Å². The van der Waals surface area contributed by atoms with Crippen molar-refractivity contribution in [3.63, 3.8) is 0 Å². The first-order chi connectivity index (χ1) is 22.0. The zero-order valence-electron chi connectivity index (χ0n) is 27.3. The van der Waals surface area contributed by atoms with Gasteiger partial charge in [0, 0.05) is 62.4 Å². The number of carbonyl (C=O) groups is 2. The number of amides is 2. The van der Waals surface area contributed by atoms with Crippen LogP contribution in [-0.4, -0.2) is 94.0 Å². The Balaban J connectivity index is 1.28. The van der Waals surface area contributed by atoms with E-state index >= 15 is 0 Å². The first kappa shape index (κ1) is 30.7. The van der Waals surface area contributed by atoms with Gasteiger partial charge in [-0.2, -0.15) is 5.10 Å². The lowest BCUT2D eigenvalue weighted by atomic mass is 9.88. The molecule has 3 aliphatic rings. The Hall–Kier alpha value is -3.96. The normalized spacial score (nSPS) is 20.8. The molecule has 3 aromatic heterocycles. The number of carbonyl (C=O) groups excluding carboxylic acids is 2. The van der Waals surface area contributed by atoms with Gasteiger partial charge in [0.25, 0.3) is 11.8 Å². The molecular formula is C35H43FN6O4. The van der Waals surface area contributed by atoms with E-state index in [1.54, 1.807) is 31.0 Å². The lowest BCUT2D eigenvalue weighted by Gasteiger charge is -2.43. The van der Waals surface area contributed by atoms with Crippen LogP contribution in [0.5, 0.6) is 5.75 Å². The van der Waals surface area contributed by atoms with Crippen molar-refractivity contribution < 1.29 is 23.5 Å². The van der Waals surface area contributed by atoms with Gasteiger partial charge in [-0.3, -0.25) is 9.59 Å². The second-order valence-electron chi connectivity index (χ2n) is 13.9. The molecule has 1 aliphatic carbocycles. The van der Waals surface area contributed by atoms with Gasteiger partial charge < -0.3 is 29.6 Å². The van der Waals surface area contributed by atoms with Gasteiger partial charge in [0.15, 0.2) is 0 Å². The molecule has 2 saturated heterocycles. The number of hydrogen-bond donors (Lipinski definition) is 1. The van der Waals surface area contributed by atoms with Crippen molar-refractivity contribution in [1.82, 2.24) is 24.0 Å². The van der Waals surface area contributed by atoms with E-state index in [0.29, 0.717) is 36.9 Å². The Morgan fingerprint density at radius 1 is 1.07 bits per heavy atom. The molecule has 0 spiro atoms. The molecule has 0 radical (unpaired) electrons. The van der Waals surface area contributed by atoms with Crippen LogP contribution >= 0.6 is 0 Å². The van der Waals surface area contributed by atoms with E-state index < -0.39 is 17.8 Å². The quantitative estimate of drug-likeness (QED) is 0.306. The highest BCUT2D eigenvalue weighted by atomic mass is 19.1. The Kier molecular flexibility index (Phi) is 7.59. The molecule has 1 saturated carbocycles. The number of aromatic nitrogens is 3. The average Bonchev–Trinajstić information content (AvgIpc) is 3.67. The van der Waals surface area contributed by atoms with E-state index in [-0.39, 0.29) is 30.7 Å². The monoisotopic (exact) mass is 630 g/mol. The van der Waals surface area contributed by atoms with Gasteiger partial charge >= 0.3 is 0 Å². The SMILES string of the molecule is COc1cc(C(=O)N2C[C@H](N)C[C@@H](F)C2)cn2nc(-c3cc4cccc(C5CN(C(=O)C(C)(C)OC)C5)c4n3CC3CC3)c(C)c12. The smallest absolute Gasteiger partial charge is 0.255 e. The summed E-state index contributed by atoms with van der Waals surface area (Å²) in [6.07, 6.45) is 3.22. The van der Waals surface area contributed by atoms with Crippen LogP contribution in [0.3, 0.4) is 0 Å². The summed E-state index contributed by atoms with van der Waals surface area (Å²) in [5.41, 5.74) is 11.6. The number of rotatable bonds is 8. The predicted molar refractivity (Wildman–Crippen MR) is 174 cm³/mol. The molecule has 0 unspecified atom stereocenters. The third-order valence-corrected chi connectivity index (χ3v) is 10.1. The molecule has 4 aromatic rings. The number of nitrogens with two attached hydrogens (primary N) is 1. The number of nitrogens with zero attached hydrogens (tertiary/aromatic N) is 5. The highest BCUT2D eigenvalue weighted by molar-refractivity contribution is 5.96. The molecule has 2 aliphatic heterocycles. The molecular weight excluding hydrogens is 587 g/mol. The minimum Gasteiger partial charge on any atom is -0.494 e. The summed E-state index contributed by atoms with van der Waals surface area (Å²) in [6.45, 7) is 8.18. The number of halogens is 1. The molecule has 3 fully saturated rings. The van der Waals surface area contributed by atoms with E-state index in [1.165, 1.54) is 28.8 Å². The number of benzene rings is 1. The first-order valence-corrected chi connectivity index (χ1v) is 16.2. The topological polar surface area (TPSA) is 107 Å². The number of methoxy groups -OCH3 is 2. The molecule has 0 bridgehead atoms. The fourth-order valence-electron chi connectivity index (χ4n) is 7.16. The van der Waals surface area contributed by atoms with Crippen molar-refractivity contribution in [2.75, 3.05) is 40.4 Å². The second-order valence-corrected chi connectivity index (χ2v) is 13.9. The summed E-state index contributed by atoms with van der Waals surface area (Å²) in [4.78, 5) is 29.9. The highest BCUT2D eigenvalue weighted by Crippen LogP contribution is 2.42. The summed E-state index contributed by atoms with van der Waals surface area (Å²) in [6, 6.07) is 9.96. The van der Waals surface area contributed by atoms with Crippen molar-refractivity contribution in [3.05, 3.63) is 53.2 Å². The standard InChI is InChI=1S/C35H43FN6O4/c1-20-30(38-42-17-23(12-29(45-4)31(20)42)33(43)39-18-25(36)13-26(37)19-39)28-11-22-7-6-8-27(32(22)41(28)14-21-9-10-21)24-15-40(16-24)34(44)35(2,3)46-5/h6-8,11-12,17,21,24-26H,9-10,13-16,18-19,37H2,1-5H3/t25-,26-/m1/s1. The van der Waals surface area contributed by atoms with E-state index in [2.05, 4.69) is 28.8 Å². The molecule has 46 heavy (non-hydrogen) atoms. The Labute approximate surface area is 268 Å². The molecule has 2 amide bonds. The molecule has 2 N–H and O–H groups in total. The molecule has 5 heterocycles. The summed E-state index contributed by atoms with van der Waals surface area (Å²) >= 11 is 0. The number of hydrogen-bond acceptors (Lipinski definition) is 6. The van der Waals surface area contributed by atoms with Crippen LogP contribution in [0, 0.1) is 12.8 Å². The van der Waals surface area contributed by atoms with Gasteiger partial charge in [-0.1, -0.05) is 18.2 Å². The van der Waals surface area contributed by atoms with Crippen LogP contribution in [0.4, 0.5) is 4.39 Å². The zero-order valence-corrected chi connectivity index (χ0v) is 27.3. The fourth-order valence-corrected chi connectivity index (χ4v) is 7.16. The van der Waals surface area contributed by atoms with E-state index in [9.17, 15) is 14.0 Å². The average molecular weight is 631 g/mol. The van der Waals surface area contributed by atoms with Crippen molar-refractivity contribution in [3.8, 4) is 17.1 Å². The van der Waals surface area contributed by atoms with Crippen LogP contribution in [0.1, 0.15) is 60.5 Å². The van der Waals surface area contributed by atoms with E-state index in [1.807, 2.05) is 25.7 Å². The number of likely N-dealkylation sites (tertiary alicyclic amines) is 2. The largest absolute Gasteiger partial charge is 0.494 e. The molecule has 7 rings (SSSR count). The number of pyridine rings is 1. The van der Waals surface area contributed by atoms with Gasteiger partial charge in [-0.05, 0) is 63.6 Å². The predicted octanol–water partition coefficient (Wildman–Crippen LogP) is 4.55. The first-order valence-electron chi connectivity index (χ1n) is 16.2. The number of para-hydroxylation sites is 1. The van der Waals surface area contributed by atoms with Crippen molar-refractivity contribution >= 4 is 28.2 Å². The number of aryl methyl sites for hydroxylation is 1. The number of fused-ring (bicyclic) bond motifs is 2. The minimum absolute atomic E-state index is 0.00671. The lowest BCUT2D eigenvalue weighted by Crippen LogP contribution is -2.55. The molecule has 11 heteroatoms. The van der Waals surface area contributed by atoms with Crippen molar-refractivity contribution in [1.29, 1.82) is 0 Å². The Morgan fingerprint density at radius 3 is 2.50 bits per heavy atom. The van der Waals surface area contributed by atoms with Crippen LogP contribution in [0.15, 0.2) is 36.5 Å². The minimum atomic E-state index is -1.14. The van der Waals surface area contributed by atoms with Gasteiger partial charge in [0.05, 0.1) is 30.4 Å². The highest BCUT2D eigenvalue weighted by Gasteiger charge is 2.40. The number of alkyl halides is 1. The molecule has 2 atom stereocenters. The Bertz CT molecular complexity index is 1830. The third-order valence-electron chi connectivity index (χ3n) is 10.1. The van der Waals surface area contributed by atoms with Gasteiger partial charge in [0.2, 0.25) is 0 Å². The van der Waals surface area contributed by atoms with Crippen LogP contribution in [0.25, 0.3) is 27.8 Å². The third kappa shape index (κ3) is 5.23. The molecule has 10 nitrogen and oxygen atoms in total. The maximum absolute atomic E-state index is 14.3. The summed E-state index contributed by atoms with van der Waals surface area (Å²) in [5, 5.41) is 6.19.